The van der Waals surface area contributed by atoms with Gasteiger partial charge in [0.1, 0.15) is 0 Å². The Kier molecular flexibility index (Phi) is 5.76. The molecule has 2 heterocycles. The minimum atomic E-state index is -0.380. The van der Waals surface area contributed by atoms with Crippen molar-refractivity contribution in [3.8, 4) is 0 Å². The molecule has 10 nitrogen and oxygen atoms in total. The van der Waals surface area contributed by atoms with Gasteiger partial charge in [0.2, 0.25) is 11.3 Å². The molecule has 0 radical (unpaired) electrons. The lowest BCUT2D eigenvalue weighted by molar-refractivity contribution is 0.0526. The van der Waals surface area contributed by atoms with E-state index in [1.165, 1.54) is 0 Å². The molecule has 0 saturated carbocycles. The molecule has 3 aromatic carbocycles. The number of hydrazone groups is 1. The van der Waals surface area contributed by atoms with Crippen LogP contribution < -0.4 is 10.7 Å². The van der Waals surface area contributed by atoms with Crippen molar-refractivity contribution >= 4 is 51.6 Å². The number of nitrogens with one attached hydrogen (secondary N) is 2. The lowest BCUT2D eigenvalue weighted by Crippen LogP contribution is -2.05. The van der Waals surface area contributed by atoms with Gasteiger partial charge in [-0.2, -0.15) is 10.1 Å². The van der Waals surface area contributed by atoms with E-state index < -0.39 is 0 Å². The molecule has 0 saturated heterocycles. The number of anilines is 3. The average Bonchev–Trinajstić information content (AvgIpc) is 3.32. The molecule has 2 N–H and O–H groups in total. The lowest BCUT2D eigenvalue weighted by Gasteiger charge is -2.10. The van der Waals surface area contributed by atoms with Gasteiger partial charge in [-0.15, -0.1) is 0 Å². The maximum Gasteiger partial charge on any atom is 0.338 e. The van der Waals surface area contributed by atoms with Crippen LogP contribution in [0.2, 0.25) is 0 Å². The van der Waals surface area contributed by atoms with Crippen LogP contribution in [0.3, 0.4) is 0 Å². The number of carbonyl (C=O) groups is 1. The maximum atomic E-state index is 11.9. The van der Waals surface area contributed by atoms with Crippen molar-refractivity contribution in [1.82, 2.24) is 20.3 Å². The van der Waals surface area contributed by atoms with Crippen molar-refractivity contribution in [2.75, 3.05) is 17.3 Å². The maximum absolute atomic E-state index is 11.9. The highest BCUT2D eigenvalue weighted by Gasteiger charge is 2.13. The first kappa shape index (κ1) is 21.0. The largest absolute Gasteiger partial charge is 0.462 e. The first-order valence-electron chi connectivity index (χ1n) is 10.5. The molecule has 34 heavy (non-hydrogen) atoms. The summed E-state index contributed by atoms with van der Waals surface area (Å²) in [6, 6.07) is 20.9. The number of fused-ring (bicyclic) bond motifs is 2. The van der Waals surface area contributed by atoms with Crippen LogP contribution in [-0.2, 0) is 4.74 Å². The summed E-state index contributed by atoms with van der Waals surface area (Å²) in [6.45, 7) is 2.08. The van der Waals surface area contributed by atoms with Crippen molar-refractivity contribution in [3.05, 3.63) is 77.9 Å². The fourth-order valence-corrected chi connectivity index (χ4v) is 3.37. The van der Waals surface area contributed by atoms with E-state index in [0.29, 0.717) is 29.5 Å². The summed E-state index contributed by atoms with van der Waals surface area (Å²) in [5.41, 5.74) is 5.49. The third-order valence-electron chi connectivity index (χ3n) is 4.97. The zero-order valence-electron chi connectivity index (χ0n) is 18.1. The molecular weight excluding hydrogens is 434 g/mol. The summed E-state index contributed by atoms with van der Waals surface area (Å²) in [6.07, 6.45) is 1.72. The average molecular weight is 453 g/mol. The minimum Gasteiger partial charge on any atom is -0.462 e. The SMILES string of the molecule is CCOC(=O)c1ccc(Nc2nc3nonc3nc2N/N=C/c2cccc3ccccc23)cc1. The molecule has 0 fully saturated rings. The molecule has 0 amide bonds. The second kappa shape index (κ2) is 9.33. The van der Waals surface area contributed by atoms with Crippen LogP contribution in [0, 0.1) is 0 Å². The van der Waals surface area contributed by atoms with E-state index in [2.05, 4.69) is 36.1 Å². The Morgan fingerprint density at radius 3 is 2.50 bits per heavy atom. The van der Waals surface area contributed by atoms with Gasteiger partial charge in [0, 0.05) is 11.3 Å². The summed E-state index contributed by atoms with van der Waals surface area (Å²) >= 11 is 0. The van der Waals surface area contributed by atoms with Gasteiger partial charge in [-0.1, -0.05) is 42.5 Å². The highest BCUT2D eigenvalue weighted by atomic mass is 16.6. The van der Waals surface area contributed by atoms with E-state index in [1.807, 2.05) is 42.5 Å². The zero-order valence-corrected chi connectivity index (χ0v) is 18.1. The van der Waals surface area contributed by atoms with Crippen molar-refractivity contribution in [3.63, 3.8) is 0 Å². The molecule has 0 atom stereocenters. The number of carbonyl (C=O) groups excluding carboxylic acids is 1. The lowest BCUT2D eigenvalue weighted by atomic mass is 10.1. The zero-order chi connectivity index (χ0) is 23.3. The Morgan fingerprint density at radius 2 is 1.71 bits per heavy atom. The van der Waals surface area contributed by atoms with Crippen molar-refractivity contribution in [2.24, 2.45) is 5.10 Å². The van der Waals surface area contributed by atoms with Crippen LogP contribution in [-0.4, -0.2) is 39.1 Å². The number of aromatic nitrogens is 4. The van der Waals surface area contributed by atoms with E-state index in [9.17, 15) is 4.79 Å². The first-order chi connectivity index (χ1) is 16.7. The van der Waals surface area contributed by atoms with Crippen molar-refractivity contribution in [1.29, 1.82) is 0 Å². The Bertz CT molecular complexity index is 1490. The normalized spacial score (nSPS) is 11.2. The predicted molar refractivity (Wildman–Crippen MR) is 128 cm³/mol. The molecule has 2 aromatic heterocycles. The summed E-state index contributed by atoms with van der Waals surface area (Å²) in [7, 11) is 0. The number of esters is 1. The summed E-state index contributed by atoms with van der Waals surface area (Å²) < 4.78 is 9.76. The van der Waals surface area contributed by atoms with Gasteiger partial charge >= 0.3 is 5.97 Å². The predicted octanol–water partition coefficient (Wildman–Crippen LogP) is 4.53. The van der Waals surface area contributed by atoms with Crippen molar-refractivity contribution < 1.29 is 14.2 Å². The molecule has 5 rings (SSSR count). The number of hydrogen-bond acceptors (Lipinski definition) is 10. The van der Waals surface area contributed by atoms with Crippen molar-refractivity contribution in [2.45, 2.75) is 6.92 Å². The smallest absolute Gasteiger partial charge is 0.338 e. The molecule has 0 unspecified atom stereocenters. The molecule has 0 bridgehead atoms. The van der Waals surface area contributed by atoms with Crippen LogP contribution in [0.15, 0.2) is 76.5 Å². The highest BCUT2D eigenvalue weighted by Crippen LogP contribution is 2.24. The quantitative estimate of drug-likeness (QED) is 0.207. The first-order valence-corrected chi connectivity index (χ1v) is 10.5. The Balaban J connectivity index is 1.41. The van der Waals surface area contributed by atoms with E-state index in [-0.39, 0.29) is 17.3 Å². The van der Waals surface area contributed by atoms with Gasteiger partial charge in [0.15, 0.2) is 11.6 Å². The molecule has 0 spiro atoms. The highest BCUT2D eigenvalue weighted by molar-refractivity contribution is 6.00. The molecule has 0 aliphatic carbocycles. The van der Waals surface area contributed by atoms with E-state index in [4.69, 9.17) is 9.37 Å². The molecule has 10 heteroatoms. The summed E-state index contributed by atoms with van der Waals surface area (Å²) in [4.78, 5) is 20.7. The molecule has 168 valence electrons. The number of hydrogen-bond donors (Lipinski definition) is 2. The Labute approximate surface area is 193 Å². The molecule has 0 aliphatic heterocycles. The van der Waals surface area contributed by atoms with Gasteiger partial charge in [-0.05, 0) is 52.3 Å². The van der Waals surface area contributed by atoms with Gasteiger partial charge in [0.25, 0.3) is 0 Å². The second-order valence-corrected chi connectivity index (χ2v) is 7.19. The molecule has 0 aliphatic rings. The fourth-order valence-electron chi connectivity index (χ4n) is 3.37. The molecular formula is C24H19N7O3. The third-order valence-corrected chi connectivity index (χ3v) is 4.97. The number of rotatable bonds is 7. The number of ether oxygens (including phenoxy) is 1. The van der Waals surface area contributed by atoms with Crippen LogP contribution in [0.5, 0.6) is 0 Å². The fraction of sp³-hybridized carbons (Fsp3) is 0.0833. The number of nitrogens with zero attached hydrogens (tertiary/aromatic N) is 5. The Morgan fingerprint density at radius 1 is 0.971 bits per heavy atom. The topological polar surface area (TPSA) is 127 Å². The van der Waals surface area contributed by atoms with E-state index in [0.717, 1.165) is 16.3 Å². The van der Waals surface area contributed by atoms with Crippen LogP contribution in [0.25, 0.3) is 22.1 Å². The third kappa shape index (κ3) is 4.37. The van der Waals surface area contributed by atoms with E-state index in [1.54, 1.807) is 37.4 Å². The monoisotopic (exact) mass is 453 g/mol. The van der Waals surface area contributed by atoms with Crippen LogP contribution in [0.4, 0.5) is 17.3 Å². The van der Waals surface area contributed by atoms with Crippen LogP contribution >= 0.6 is 0 Å². The standard InChI is InChI=1S/C24H19N7O3/c1-2-33-24(32)16-10-12-18(13-11-16)26-20-21(28-23-22(27-20)30-34-31-23)29-25-14-17-8-5-7-15-6-3-4-9-19(15)17/h3-14H,2H2,1H3,(H,26,27,30)(H,28,29,31)/b25-14+. The van der Waals surface area contributed by atoms with Gasteiger partial charge in [-0.25, -0.2) is 14.4 Å². The summed E-state index contributed by atoms with van der Waals surface area (Å²) in [5, 5.41) is 17.2. The minimum absolute atomic E-state index is 0.242. The van der Waals surface area contributed by atoms with Gasteiger partial charge in [0.05, 0.1) is 18.4 Å². The second-order valence-electron chi connectivity index (χ2n) is 7.19. The van der Waals surface area contributed by atoms with Gasteiger partial charge in [-0.3, -0.25) is 5.43 Å². The number of benzene rings is 3. The Hall–Kier alpha value is -4.86. The van der Waals surface area contributed by atoms with Crippen LogP contribution in [0.1, 0.15) is 22.8 Å². The van der Waals surface area contributed by atoms with E-state index >= 15 is 0 Å². The summed E-state index contributed by atoms with van der Waals surface area (Å²) in [5.74, 6) is 0.311. The van der Waals surface area contributed by atoms with Gasteiger partial charge < -0.3 is 10.1 Å². The molecule has 5 aromatic rings.